The summed E-state index contributed by atoms with van der Waals surface area (Å²) in [4.78, 5) is 23.5. The van der Waals surface area contributed by atoms with Crippen LogP contribution in [0.2, 0.25) is 0 Å². The first kappa shape index (κ1) is 9.23. The second kappa shape index (κ2) is 2.88. The fourth-order valence-electron chi connectivity index (χ4n) is 0.903. The molecule has 1 atom stereocenters. The van der Waals surface area contributed by atoms with E-state index in [1.165, 1.54) is 6.92 Å². The first-order valence-electron chi connectivity index (χ1n) is 3.30. The van der Waals surface area contributed by atoms with E-state index in [1.807, 2.05) is 0 Å². The third-order valence-corrected chi connectivity index (χ3v) is 1.42. The Kier molecular flexibility index (Phi) is 2.05. The molecule has 0 amide bonds. The van der Waals surface area contributed by atoms with E-state index in [1.54, 1.807) is 0 Å². The topological polar surface area (TPSA) is 105 Å². The molecule has 0 radical (unpaired) electrons. The molecular formula is C5H6N2O6. The molecule has 0 saturated carbocycles. The van der Waals surface area contributed by atoms with Crippen molar-refractivity contribution in [2.45, 2.75) is 19.1 Å². The Morgan fingerprint density at radius 2 is 2.23 bits per heavy atom. The van der Waals surface area contributed by atoms with E-state index in [0.29, 0.717) is 0 Å². The normalized spacial score (nSPS) is 26.1. The van der Waals surface area contributed by atoms with Crippen molar-refractivity contribution < 1.29 is 19.6 Å². The van der Waals surface area contributed by atoms with Crippen molar-refractivity contribution in [1.29, 1.82) is 0 Å². The molecule has 0 aromatic rings. The molecule has 0 bridgehead atoms. The summed E-state index contributed by atoms with van der Waals surface area (Å²) in [6.07, 6.45) is 1.10. The number of ether oxygens (including phenoxy) is 1. The quantitative estimate of drug-likeness (QED) is 0.472. The minimum Gasteiger partial charge on any atom is -0.408 e. The fourth-order valence-corrected chi connectivity index (χ4v) is 0.903. The number of nitrogens with zero attached hydrogens (tertiary/aromatic N) is 2. The van der Waals surface area contributed by atoms with Crippen molar-refractivity contribution in [3.05, 3.63) is 32.2 Å². The molecule has 0 fully saturated rings. The molecule has 1 heterocycles. The Balaban J connectivity index is 2.61. The summed E-state index contributed by atoms with van der Waals surface area (Å²) in [6.45, 7) is 1.25. The van der Waals surface area contributed by atoms with E-state index in [4.69, 9.17) is 0 Å². The summed E-state index contributed by atoms with van der Waals surface area (Å²) < 4.78 is 4.62. The van der Waals surface area contributed by atoms with Gasteiger partial charge in [0.25, 0.3) is 10.9 Å². The molecule has 1 aliphatic heterocycles. The average molecular weight is 190 g/mol. The summed E-state index contributed by atoms with van der Waals surface area (Å²) in [6, 6.07) is 0. The molecule has 72 valence electrons. The Morgan fingerprint density at radius 3 is 2.62 bits per heavy atom. The monoisotopic (exact) mass is 190 g/mol. The Morgan fingerprint density at radius 1 is 1.62 bits per heavy atom. The van der Waals surface area contributed by atoms with Gasteiger partial charge in [0.15, 0.2) is 0 Å². The van der Waals surface area contributed by atoms with Crippen molar-refractivity contribution in [2.24, 2.45) is 0 Å². The smallest absolute Gasteiger partial charge is 0.408 e. The fraction of sp³-hybridized carbons (Fsp3) is 0.600. The van der Waals surface area contributed by atoms with E-state index >= 15 is 0 Å². The molecule has 0 aromatic carbocycles. The zero-order valence-corrected chi connectivity index (χ0v) is 6.63. The molecule has 8 nitrogen and oxygen atoms in total. The highest BCUT2D eigenvalue weighted by Crippen LogP contribution is 2.29. The lowest BCUT2D eigenvalue weighted by molar-refractivity contribution is -0.795. The number of hydrogen-bond acceptors (Lipinski definition) is 6. The van der Waals surface area contributed by atoms with Crippen molar-refractivity contribution >= 4 is 0 Å². The summed E-state index contributed by atoms with van der Waals surface area (Å²) in [5.74, 6) is -2.09. The largest absolute Gasteiger partial charge is 0.426 e. The maximum absolute atomic E-state index is 10.2. The molecule has 0 aromatic heterocycles. The summed E-state index contributed by atoms with van der Waals surface area (Å²) in [5.41, 5.74) is 0. The predicted molar refractivity (Wildman–Crippen MR) is 37.3 cm³/mol. The summed E-state index contributed by atoms with van der Waals surface area (Å²) in [5, 5.41) is 19.1. The van der Waals surface area contributed by atoms with Gasteiger partial charge in [-0.3, -0.25) is 15.0 Å². The van der Waals surface area contributed by atoms with Gasteiger partial charge < -0.3 is 4.74 Å². The minimum absolute atomic E-state index is 0.0235. The van der Waals surface area contributed by atoms with E-state index in [2.05, 4.69) is 9.57 Å². The van der Waals surface area contributed by atoms with Crippen molar-refractivity contribution in [3.63, 3.8) is 0 Å². The van der Waals surface area contributed by atoms with Crippen LogP contribution < -0.4 is 0 Å². The van der Waals surface area contributed by atoms with E-state index in [-0.39, 0.29) is 6.42 Å². The van der Waals surface area contributed by atoms with E-state index in [9.17, 15) is 20.2 Å². The molecule has 1 aliphatic rings. The van der Waals surface area contributed by atoms with Crippen LogP contribution in [0.1, 0.15) is 13.3 Å². The third kappa shape index (κ3) is 2.04. The van der Waals surface area contributed by atoms with Gasteiger partial charge in [-0.2, -0.15) is 0 Å². The van der Waals surface area contributed by atoms with Crippen LogP contribution in [0.4, 0.5) is 0 Å². The van der Waals surface area contributed by atoms with Crippen LogP contribution in [0.5, 0.6) is 0 Å². The zero-order valence-electron chi connectivity index (χ0n) is 6.63. The zero-order chi connectivity index (χ0) is 10.1. The van der Waals surface area contributed by atoms with Gasteiger partial charge >= 0.3 is 5.88 Å². The Labute approximate surface area is 72.0 Å². The van der Waals surface area contributed by atoms with Crippen LogP contribution in [0.3, 0.4) is 0 Å². The van der Waals surface area contributed by atoms with Gasteiger partial charge in [-0.25, -0.2) is 0 Å². The Hall–Kier alpha value is -1.86. The molecule has 0 saturated heterocycles. The summed E-state index contributed by atoms with van der Waals surface area (Å²) >= 11 is 0. The predicted octanol–water partition coefficient (Wildman–Crippen LogP) is 0.449. The highest BCUT2D eigenvalue weighted by atomic mass is 17.0. The van der Waals surface area contributed by atoms with Gasteiger partial charge in [-0.15, -0.1) is 10.1 Å². The second-order valence-corrected chi connectivity index (χ2v) is 2.55. The Bertz CT molecular complexity index is 287. The van der Waals surface area contributed by atoms with Gasteiger partial charge in [0.1, 0.15) is 4.92 Å². The van der Waals surface area contributed by atoms with Crippen molar-refractivity contribution in [3.8, 4) is 0 Å². The standard InChI is InChI=1S/C5H6N2O6/c1-5(13-7(10)11)3-2-4(12-5)6(8)9/h2H,3H2,1H3. The first-order chi connectivity index (χ1) is 5.93. The first-order valence-corrected chi connectivity index (χ1v) is 3.30. The average Bonchev–Trinajstić information content (AvgIpc) is 2.29. The van der Waals surface area contributed by atoms with Crippen LogP contribution in [-0.2, 0) is 9.57 Å². The highest BCUT2D eigenvalue weighted by molar-refractivity contribution is 4.95. The van der Waals surface area contributed by atoms with Gasteiger partial charge in [0.05, 0.1) is 0 Å². The molecule has 8 heteroatoms. The van der Waals surface area contributed by atoms with Crippen LogP contribution >= 0.6 is 0 Å². The maximum Gasteiger partial charge on any atom is 0.426 e. The lowest BCUT2D eigenvalue weighted by Crippen LogP contribution is -2.31. The van der Waals surface area contributed by atoms with Crippen LogP contribution in [0, 0.1) is 20.2 Å². The van der Waals surface area contributed by atoms with Crippen LogP contribution in [0.15, 0.2) is 12.0 Å². The number of nitro groups is 1. The molecule has 1 rings (SSSR count). The van der Waals surface area contributed by atoms with E-state index in [0.717, 1.165) is 6.08 Å². The number of rotatable bonds is 3. The van der Waals surface area contributed by atoms with Crippen molar-refractivity contribution in [1.82, 2.24) is 0 Å². The summed E-state index contributed by atoms with van der Waals surface area (Å²) in [7, 11) is 0. The lowest BCUT2D eigenvalue weighted by Gasteiger charge is -2.19. The molecule has 0 spiro atoms. The molecule has 0 aliphatic carbocycles. The van der Waals surface area contributed by atoms with Crippen LogP contribution in [0.25, 0.3) is 0 Å². The van der Waals surface area contributed by atoms with Gasteiger partial charge in [0, 0.05) is 19.4 Å². The minimum atomic E-state index is -1.56. The SMILES string of the molecule is CC1(O[N+](=O)[O-])CC=C([N+](=O)[O-])O1. The van der Waals surface area contributed by atoms with E-state index < -0.39 is 21.7 Å². The maximum atomic E-state index is 10.2. The van der Waals surface area contributed by atoms with Crippen LogP contribution in [-0.4, -0.2) is 15.8 Å². The second-order valence-electron chi connectivity index (χ2n) is 2.55. The third-order valence-electron chi connectivity index (χ3n) is 1.42. The lowest BCUT2D eigenvalue weighted by atomic mass is 10.2. The highest BCUT2D eigenvalue weighted by Gasteiger charge is 2.40. The van der Waals surface area contributed by atoms with Gasteiger partial charge in [-0.1, -0.05) is 0 Å². The molecule has 0 N–H and O–H groups in total. The molecule has 13 heavy (non-hydrogen) atoms. The number of hydrogen-bond donors (Lipinski definition) is 0. The molecular weight excluding hydrogens is 184 g/mol. The van der Waals surface area contributed by atoms with Gasteiger partial charge in [0.2, 0.25) is 0 Å². The van der Waals surface area contributed by atoms with Crippen molar-refractivity contribution in [2.75, 3.05) is 0 Å². The molecule has 1 unspecified atom stereocenters. The van der Waals surface area contributed by atoms with Gasteiger partial charge in [-0.05, 0) is 0 Å².